The molecule has 1 fully saturated rings. The fourth-order valence-corrected chi connectivity index (χ4v) is 3.11. The minimum Gasteiger partial charge on any atom is -0.363 e. The summed E-state index contributed by atoms with van der Waals surface area (Å²) >= 11 is 0. The Morgan fingerprint density at radius 3 is 2.14 bits per heavy atom. The van der Waals surface area contributed by atoms with Gasteiger partial charge in [0.1, 0.15) is 0 Å². The second-order valence-corrected chi connectivity index (χ2v) is 6.13. The first kappa shape index (κ1) is 14.6. The highest BCUT2D eigenvalue weighted by molar-refractivity contribution is 5.54. The minimum absolute atomic E-state index is 0.416. The van der Waals surface area contributed by atoms with Gasteiger partial charge in [-0.05, 0) is 31.5 Å². The quantitative estimate of drug-likeness (QED) is 0.697. The largest absolute Gasteiger partial charge is 0.363 e. The van der Waals surface area contributed by atoms with E-state index in [0.29, 0.717) is 12.0 Å². The molecule has 0 spiro atoms. The molecule has 0 N–H and O–H groups in total. The van der Waals surface area contributed by atoms with E-state index >= 15 is 0 Å². The van der Waals surface area contributed by atoms with E-state index in [-0.39, 0.29) is 0 Å². The Morgan fingerprint density at radius 1 is 0.955 bits per heavy atom. The van der Waals surface area contributed by atoms with Gasteiger partial charge < -0.3 is 4.90 Å². The predicted octanol–water partition coefficient (Wildman–Crippen LogP) is 5.22. The zero-order chi connectivity index (χ0) is 15.5. The first-order valence-corrected chi connectivity index (χ1v) is 7.88. The van der Waals surface area contributed by atoms with E-state index in [0.717, 1.165) is 6.54 Å². The Hall–Kier alpha value is -2.28. The molecule has 2 aromatic rings. The van der Waals surface area contributed by atoms with Gasteiger partial charge in [0.25, 0.3) is 0 Å². The summed E-state index contributed by atoms with van der Waals surface area (Å²) in [7, 11) is 0. The average Bonchev–Trinajstić information content (AvgIpc) is 2.50. The van der Waals surface area contributed by atoms with Crippen molar-refractivity contribution >= 4 is 5.69 Å². The van der Waals surface area contributed by atoms with Crippen molar-refractivity contribution < 1.29 is 0 Å². The molecule has 0 amide bonds. The van der Waals surface area contributed by atoms with Crippen molar-refractivity contribution in [3.05, 3.63) is 90.0 Å². The normalized spacial score (nSPS) is 20.9. The van der Waals surface area contributed by atoms with Crippen LogP contribution >= 0.6 is 0 Å². The number of aryl methyl sites for hydroxylation is 2. The molecule has 0 unspecified atom stereocenters. The molecule has 112 valence electrons. The maximum atomic E-state index is 3.79. The van der Waals surface area contributed by atoms with Crippen molar-refractivity contribution in [2.45, 2.75) is 19.9 Å². The highest BCUT2D eigenvalue weighted by Gasteiger charge is 2.38. The Bertz CT molecular complexity index is 664. The third-order valence-corrected chi connectivity index (χ3v) is 4.43. The van der Waals surface area contributed by atoms with Crippen molar-refractivity contribution in [2.24, 2.45) is 5.92 Å². The van der Waals surface area contributed by atoms with Crippen molar-refractivity contribution in [1.29, 1.82) is 0 Å². The second kappa shape index (κ2) is 6.23. The lowest BCUT2D eigenvalue weighted by Gasteiger charge is -2.49. The van der Waals surface area contributed by atoms with Crippen LogP contribution in [0.4, 0.5) is 5.69 Å². The second-order valence-electron chi connectivity index (χ2n) is 6.13. The fourth-order valence-electron chi connectivity index (χ4n) is 3.11. The Labute approximate surface area is 133 Å². The topological polar surface area (TPSA) is 3.24 Å². The molecular formula is C21H23N. The van der Waals surface area contributed by atoms with Gasteiger partial charge >= 0.3 is 0 Å². The van der Waals surface area contributed by atoms with Crippen LogP contribution in [0.25, 0.3) is 0 Å². The molecule has 1 aliphatic rings. The molecular weight excluding hydrogens is 266 g/mol. The van der Waals surface area contributed by atoms with Crippen LogP contribution in [0.2, 0.25) is 0 Å². The van der Waals surface area contributed by atoms with E-state index in [4.69, 9.17) is 0 Å². The van der Waals surface area contributed by atoms with Gasteiger partial charge in [-0.2, -0.15) is 0 Å². The van der Waals surface area contributed by atoms with Crippen LogP contribution in [0.3, 0.4) is 0 Å². The van der Waals surface area contributed by atoms with E-state index in [2.05, 4.69) is 86.0 Å². The maximum Gasteiger partial charge on any atom is 0.0622 e. The summed E-state index contributed by atoms with van der Waals surface area (Å²) < 4.78 is 0. The number of nitrogens with zero attached hydrogens (tertiary/aromatic N) is 1. The third kappa shape index (κ3) is 2.85. The minimum atomic E-state index is 0.416. The van der Waals surface area contributed by atoms with Gasteiger partial charge in [-0.15, -0.1) is 0 Å². The molecule has 1 heterocycles. The van der Waals surface area contributed by atoms with Crippen LogP contribution in [0.5, 0.6) is 0 Å². The van der Waals surface area contributed by atoms with Crippen LogP contribution in [-0.2, 0) is 0 Å². The summed E-state index contributed by atoms with van der Waals surface area (Å²) in [5, 5.41) is 0. The Morgan fingerprint density at radius 2 is 1.55 bits per heavy atom. The maximum absolute atomic E-state index is 3.79. The number of allylic oxidation sites excluding steroid dienone is 2. The van der Waals surface area contributed by atoms with Crippen molar-refractivity contribution in [1.82, 2.24) is 0 Å². The smallest absolute Gasteiger partial charge is 0.0622 e. The summed E-state index contributed by atoms with van der Waals surface area (Å²) in [4.78, 5) is 2.49. The molecule has 0 aromatic heterocycles. The third-order valence-electron chi connectivity index (χ3n) is 4.43. The number of hydrogen-bond acceptors (Lipinski definition) is 1. The lowest BCUT2D eigenvalue weighted by Crippen LogP contribution is -2.49. The molecule has 1 heteroatoms. The molecule has 0 bridgehead atoms. The van der Waals surface area contributed by atoms with Crippen molar-refractivity contribution in [2.75, 3.05) is 11.4 Å². The standard InChI is InChI=1S/C21H23N/c1-4-5-6-19-15-22(20-13-9-17(3)10-14-20)21(19)18-11-7-16(2)8-12-18/h4-14,19,21H,1,15H2,2-3H3/b6-5+/t19-,21+/m1/s1. The first-order valence-electron chi connectivity index (χ1n) is 7.88. The lowest BCUT2D eigenvalue weighted by atomic mass is 9.82. The number of anilines is 1. The summed E-state index contributed by atoms with van der Waals surface area (Å²) in [6.45, 7) is 9.12. The van der Waals surface area contributed by atoms with Crippen LogP contribution < -0.4 is 4.90 Å². The van der Waals surface area contributed by atoms with Gasteiger partial charge in [0.2, 0.25) is 0 Å². The van der Waals surface area contributed by atoms with E-state index in [1.54, 1.807) is 0 Å². The summed E-state index contributed by atoms with van der Waals surface area (Å²) in [6.07, 6.45) is 6.21. The van der Waals surface area contributed by atoms with Crippen LogP contribution in [0, 0.1) is 19.8 Å². The molecule has 0 aliphatic carbocycles. The molecule has 1 aliphatic heterocycles. The molecule has 1 saturated heterocycles. The van der Waals surface area contributed by atoms with Crippen LogP contribution in [0.15, 0.2) is 73.3 Å². The van der Waals surface area contributed by atoms with E-state index in [1.807, 2.05) is 6.08 Å². The summed E-state index contributed by atoms with van der Waals surface area (Å²) in [5.74, 6) is 0.544. The van der Waals surface area contributed by atoms with Crippen molar-refractivity contribution in [3.8, 4) is 0 Å². The Kier molecular flexibility index (Phi) is 4.15. The van der Waals surface area contributed by atoms with Crippen LogP contribution in [-0.4, -0.2) is 6.54 Å². The van der Waals surface area contributed by atoms with Gasteiger partial charge in [-0.25, -0.2) is 0 Å². The van der Waals surface area contributed by atoms with Gasteiger partial charge in [0, 0.05) is 18.2 Å². The van der Waals surface area contributed by atoms with Gasteiger partial charge in [0.05, 0.1) is 6.04 Å². The Balaban J connectivity index is 1.90. The first-order chi connectivity index (χ1) is 10.7. The number of hydrogen-bond donors (Lipinski definition) is 0. The van der Waals surface area contributed by atoms with E-state index < -0.39 is 0 Å². The summed E-state index contributed by atoms with van der Waals surface area (Å²) in [5.41, 5.74) is 5.30. The van der Waals surface area contributed by atoms with Crippen molar-refractivity contribution in [3.63, 3.8) is 0 Å². The van der Waals surface area contributed by atoms with Gasteiger partial charge in [-0.3, -0.25) is 0 Å². The SMILES string of the molecule is C=C/C=C/[C@@H]1CN(c2ccc(C)cc2)[C@H]1c1ccc(C)cc1. The van der Waals surface area contributed by atoms with Crippen LogP contribution in [0.1, 0.15) is 22.7 Å². The summed E-state index contributed by atoms with van der Waals surface area (Å²) in [6, 6.07) is 18.2. The predicted molar refractivity (Wildman–Crippen MR) is 95.3 cm³/mol. The molecule has 3 rings (SSSR count). The highest BCUT2D eigenvalue weighted by atomic mass is 15.2. The molecule has 0 saturated carbocycles. The molecule has 2 atom stereocenters. The zero-order valence-electron chi connectivity index (χ0n) is 13.4. The molecule has 0 radical (unpaired) electrons. The lowest BCUT2D eigenvalue weighted by molar-refractivity contribution is 0.362. The zero-order valence-corrected chi connectivity index (χ0v) is 13.4. The highest BCUT2D eigenvalue weighted by Crippen LogP contribution is 2.43. The number of benzene rings is 2. The monoisotopic (exact) mass is 289 g/mol. The van der Waals surface area contributed by atoms with E-state index in [1.165, 1.54) is 22.4 Å². The van der Waals surface area contributed by atoms with Gasteiger partial charge in [-0.1, -0.05) is 72.3 Å². The van der Waals surface area contributed by atoms with E-state index in [9.17, 15) is 0 Å². The number of rotatable bonds is 4. The average molecular weight is 289 g/mol. The molecule has 2 aromatic carbocycles. The molecule has 22 heavy (non-hydrogen) atoms. The van der Waals surface area contributed by atoms with Gasteiger partial charge in [0.15, 0.2) is 0 Å². The fraction of sp³-hybridized carbons (Fsp3) is 0.238. The molecule has 1 nitrogen and oxygen atoms in total.